The van der Waals surface area contributed by atoms with Crippen molar-refractivity contribution in [1.29, 1.82) is 0 Å². The van der Waals surface area contributed by atoms with Gasteiger partial charge in [0.15, 0.2) is 6.61 Å². The maximum absolute atomic E-state index is 11.3. The molecule has 7 heteroatoms. The molecule has 7 nitrogen and oxygen atoms in total. The van der Waals surface area contributed by atoms with Crippen LogP contribution < -0.4 is 0 Å². The van der Waals surface area contributed by atoms with Gasteiger partial charge in [-0.3, -0.25) is 0 Å². The Balaban J connectivity index is 4.45. The topological polar surface area (TPSA) is 91.3 Å². The van der Waals surface area contributed by atoms with Crippen molar-refractivity contribution in [3.05, 3.63) is 12.2 Å². The maximum Gasteiger partial charge on any atom is 0.505 e. The Morgan fingerprint density at radius 3 is 2.37 bits per heavy atom. The normalized spacial score (nSPS) is 12.6. The molecule has 0 bridgehead atoms. The van der Waals surface area contributed by atoms with E-state index in [2.05, 4.69) is 11.3 Å². The third-order valence-electron chi connectivity index (χ3n) is 2.16. The fourth-order valence-corrected chi connectivity index (χ4v) is 0.684. The van der Waals surface area contributed by atoms with Gasteiger partial charge in [-0.25, -0.2) is 14.5 Å². The summed E-state index contributed by atoms with van der Waals surface area (Å²) < 4.78 is 9.12. The van der Waals surface area contributed by atoms with Crippen molar-refractivity contribution >= 4 is 12.1 Å². The Hall–Kier alpha value is -1.60. The molecule has 0 aromatic rings. The summed E-state index contributed by atoms with van der Waals surface area (Å²) in [6.45, 7) is 9.78. The summed E-state index contributed by atoms with van der Waals surface area (Å²) in [5.41, 5.74) is -0.449. The first-order chi connectivity index (χ1) is 8.68. The van der Waals surface area contributed by atoms with Gasteiger partial charge in [-0.1, -0.05) is 13.5 Å². The van der Waals surface area contributed by atoms with Crippen LogP contribution in [0.15, 0.2) is 12.2 Å². The number of hydrogen-bond acceptors (Lipinski definition) is 6. The van der Waals surface area contributed by atoms with E-state index < -0.39 is 30.6 Å². The molecule has 0 rings (SSSR count). The van der Waals surface area contributed by atoms with Crippen LogP contribution in [-0.4, -0.2) is 35.7 Å². The second-order valence-electron chi connectivity index (χ2n) is 4.48. The molecule has 19 heavy (non-hydrogen) atoms. The zero-order valence-corrected chi connectivity index (χ0v) is 11.6. The van der Waals surface area contributed by atoms with Gasteiger partial charge in [-0.05, 0) is 27.2 Å². The molecule has 1 atom stereocenters. The Labute approximate surface area is 112 Å². The minimum Gasteiger partial charge on any atom is -0.450 e. The van der Waals surface area contributed by atoms with Crippen molar-refractivity contribution < 1.29 is 33.9 Å². The molecule has 110 valence electrons. The van der Waals surface area contributed by atoms with E-state index in [4.69, 9.17) is 19.6 Å². The summed E-state index contributed by atoms with van der Waals surface area (Å²) >= 11 is 0. The lowest BCUT2D eigenvalue weighted by molar-refractivity contribution is -0.415. The lowest BCUT2D eigenvalue weighted by atomic mass is 10.1. The van der Waals surface area contributed by atoms with Gasteiger partial charge >= 0.3 is 12.1 Å². The Morgan fingerprint density at radius 2 is 1.95 bits per heavy atom. The van der Waals surface area contributed by atoms with Gasteiger partial charge in [0.2, 0.25) is 0 Å². The largest absolute Gasteiger partial charge is 0.505 e. The standard InChI is InChI=1S/C12H20O7/c1-6-12(4,5)19-18-9(7-16-11(14)15)17-10(13)8(2)3/h9H,2,6-7H2,1,3-5H3,(H,14,15). The Kier molecular flexibility index (Phi) is 7.10. The molecule has 0 amide bonds. The summed E-state index contributed by atoms with van der Waals surface area (Å²) in [6, 6.07) is 0. The first kappa shape index (κ1) is 17.4. The van der Waals surface area contributed by atoms with Gasteiger partial charge in [-0.2, -0.15) is 4.89 Å². The van der Waals surface area contributed by atoms with Crippen LogP contribution in [0, 0.1) is 0 Å². The Morgan fingerprint density at radius 1 is 1.37 bits per heavy atom. The average Bonchev–Trinajstić information content (AvgIpc) is 2.32. The number of ether oxygens (including phenoxy) is 2. The number of carbonyl (C=O) groups excluding carboxylic acids is 1. The maximum atomic E-state index is 11.3. The molecular formula is C12H20O7. The summed E-state index contributed by atoms with van der Waals surface area (Å²) in [7, 11) is 0. The predicted molar refractivity (Wildman–Crippen MR) is 65.2 cm³/mol. The molecular weight excluding hydrogens is 256 g/mol. The minimum absolute atomic E-state index is 0.152. The smallest absolute Gasteiger partial charge is 0.450 e. The van der Waals surface area contributed by atoms with Gasteiger partial charge in [0, 0.05) is 5.57 Å². The van der Waals surface area contributed by atoms with Crippen molar-refractivity contribution in [3.63, 3.8) is 0 Å². The quantitative estimate of drug-likeness (QED) is 0.239. The van der Waals surface area contributed by atoms with Crippen LogP contribution in [0.4, 0.5) is 4.79 Å². The summed E-state index contributed by atoms with van der Waals surface area (Å²) in [5, 5.41) is 8.40. The monoisotopic (exact) mass is 276 g/mol. The van der Waals surface area contributed by atoms with Crippen molar-refractivity contribution in [2.75, 3.05) is 6.61 Å². The number of carbonyl (C=O) groups is 2. The van der Waals surface area contributed by atoms with E-state index in [1.165, 1.54) is 6.92 Å². The number of carboxylic acid groups (broad SMARTS) is 1. The summed E-state index contributed by atoms with van der Waals surface area (Å²) in [6.07, 6.45) is -2.14. The van der Waals surface area contributed by atoms with E-state index in [1.807, 2.05) is 6.92 Å². The lowest BCUT2D eigenvalue weighted by Crippen LogP contribution is -2.33. The zero-order valence-electron chi connectivity index (χ0n) is 11.6. The third-order valence-corrected chi connectivity index (χ3v) is 2.16. The number of esters is 1. The number of rotatable bonds is 8. The highest BCUT2D eigenvalue weighted by Gasteiger charge is 2.24. The highest BCUT2D eigenvalue weighted by Crippen LogP contribution is 2.16. The fourth-order valence-electron chi connectivity index (χ4n) is 0.684. The van der Waals surface area contributed by atoms with Crippen LogP contribution in [0.2, 0.25) is 0 Å². The van der Waals surface area contributed by atoms with Gasteiger partial charge in [0.05, 0.1) is 5.60 Å². The molecule has 0 radical (unpaired) electrons. The molecule has 0 spiro atoms. The number of hydrogen-bond donors (Lipinski definition) is 1. The average molecular weight is 276 g/mol. The molecule has 0 fully saturated rings. The minimum atomic E-state index is -1.50. The van der Waals surface area contributed by atoms with Gasteiger partial charge < -0.3 is 14.6 Å². The van der Waals surface area contributed by atoms with Crippen LogP contribution in [0.5, 0.6) is 0 Å². The molecule has 1 N–H and O–H groups in total. The molecule has 0 aliphatic rings. The van der Waals surface area contributed by atoms with E-state index in [0.717, 1.165) is 0 Å². The molecule has 0 aromatic carbocycles. The van der Waals surface area contributed by atoms with E-state index in [9.17, 15) is 9.59 Å². The molecule has 0 aliphatic heterocycles. The molecule has 0 saturated carbocycles. The van der Waals surface area contributed by atoms with Gasteiger partial charge in [-0.15, -0.1) is 0 Å². The SMILES string of the molecule is C=C(C)C(=O)OC(COC(=O)O)OOC(C)(C)CC. The first-order valence-electron chi connectivity index (χ1n) is 5.74. The lowest BCUT2D eigenvalue weighted by Gasteiger charge is -2.24. The highest BCUT2D eigenvalue weighted by atomic mass is 17.2. The van der Waals surface area contributed by atoms with Crippen LogP contribution in [-0.2, 0) is 24.0 Å². The van der Waals surface area contributed by atoms with Crippen molar-refractivity contribution in [1.82, 2.24) is 0 Å². The zero-order chi connectivity index (χ0) is 15.1. The van der Waals surface area contributed by atoms with Crippen molar-refractivity contribution in [3.8, 4) is 0 Å². The fraction of sp³-hybridized carbons (Fsp3) is 0.667. The van der Waals surface area contributed by atoms with E-state index in [1.54, 1.807) is 13.8 Å². The van der Waals surface area contributed by atoms with Crippen LogP contribution in [0.25, 0.3) is 0 Å². The van der Waals surface area contributed by atoms with E-state index in [0.29, 0.717) is 6.42 Å². The van der Waals surface area contributed by atoms with Gasteiger partial charge in [0.1, 0.15) is 0 Å². The van der Waals surface area contributed by atoms with Crippen LogP contribution in [0.3, 0.4) is 0 Å². The van der Waals surface area contributed by atoms with Gasteiger partial charge in [0.25, 0.3) is 6.29 Å². The molecule has 1 unspecified atom stereocenters. The Bertz CT molecular complexity index is 335. The molecule has 0 aliphatic carbocycles. The van der Waals surface area contributed by atoms with E-state index in [-0.39, 0.29) is 5.57 Å². The molecule has 0 heterocycles. The van der Waals surface area contributed by atoms with Crippen LogP contribution >= 0.6 is 0 Å². The van der Waals surface area contributed by atoms with Crippen molar-refractivity contribution in [2.45, 2.75) is 46.0 Å². The highest BCUT2D eigenvalue weighted by molar-refractivity contribution is 5.87. The second-order valence-corrected chi connectivity index (χ2v) is 4.48. The molecule has 0 saturated heterocycles. The summed E-state index contributed by atoms with van der Waals surface area (Å²) in [5.74, 6) is -0.725. The molecule has 0 aromatic heterocycles. The third kappa shape index (κ3) is 8.17. The predicted octanol–water partition coefficient (Wildman–Crippen LogP) is 2.26. The first-order valence-corrected chi connectivity index (χ1v) is 5.74. The van der Waals surface area contributed by atoms with Crippen molar-refractivity contribution in [2.24, 2.45) is 0 Å². The second kappa shape index (κ2) is 7.75. The van der Waals surface area contributed by atoms with Crippen LogP contribution in [0.1, 0.15) is 34.1 Å². The van der Waals surface area contributed by atoms with E-state index >= 15 is 0 Å². The summed E-state index contributed by atoms with van der Waals surface area (Å²) in [4.78, 5) is 31.6.